The highest BCUT2D eigenvalue weighted by Crippen LogP contribution is 2.42. The minimum Gasteiger partial charge on any atom is -0.422 e. The van der Waals surface area contributed by atoms with Crippen LogP contribution in [-0.4, -0.2) is 15.0 Å². The van der Waals surface area contributed by atoms with Crippen LogP contribution in [0.3, 0.4) is 0 Å². The third-order valence-electron chi connectivity index (χ3n) is 5.05. The Hall–Kier alpha value is -0.0700. The van der Waals surface area contributed by atoms with E-state index in [-0.39, 0.29) is 17.4 Å². The van der Waals surface area contributed by atoms with Crippen molar-refractivity contribution in [3.63, 3.8) is 0 Å². The van der Waals surface area contributed by atoms with E-state index in [1.807, 2.05) is 24.3 Å². The molecule has 182 valence electrons. The second-order valence-electron chi connectivity index (χ2n) is 7.89. The first kappa shape index (κ1) is 28.5. The number of hydrogen-bond donors (Lipinski definition) is 0. The molecular weight excluding hydrogens is 830 g/mol. The molecule has 0 N–H and O–H groups in total. The second kappa shape index (κ2) is 12.4. The monoisotopic (exact) mass is 845 g/mol. The van der Waals surface area contributed by atoms with Crippen LogP contribution in [0.2, 0.25) is 0 Å². The van der Waals surface area contributed by atoms with Crippen molar-refractivity contribution in [2.24, 2.45) is 0 Å². The molecule has 0 radical (unpaired) electrons. The molecule has 0 spiro atoms. The van der Waals surface area contributed by atoms with Crippen LogP contribution in [0.25, 0.3) is 0 Å². The smallest absolute Gasteiger partial charge is 0.328 e. The van der Waals surface area contributed by atoms with Crippen molar-refractivity contribution in [1.82, 2.24) is 15.0 Å². The van der Waals surface area contributed by atoms with E-state index in [0.29, 0.717) is 17.3 Å². The molecule has 0 aliphatic heterocycles. The summed E-state index contributed by atoms with van der Waals surface area (Å²) < 4.78 is 17.1. The average Bonchev–Trinajstić information content (AvgIpc) is 2.73. The summed E-state index contributed by atoms with van der Waals surface area (Å²) in [6, 6.07) is 7.90. The van der Waals surface area contributed by atoms with E-state index < -0.39 is 0 Å². The van der Waals surface area contributed by atoms with Crippen molar-refractivity contribution < 1.29 is 9.47 Å². The fourth-order valence-corrected chi connectivity index (χ4v) is 8.43. The molecule has 3 rings (SSSR count). The van der Waals surface area contributed by atoms with Crippen LogP contribution >= 0.6 is 95.6 Å². The van der Waals surface area contributed by atoms with Crippen molar-refractivity contribution in [2.75, 3.05) is 0 Å². The van der Waals surface area contributed by atoms with Gasteiger partial charge >= 0.3 is 12.0 Å². The quantitative estimate of drug-likeness (QED) is 0.215. The van der Waals surface area contributed by atoms with Gasteiger partial charge in [-0.05, 0) is 101 Å². The Labute approximate surface area is 250 Å². The van der Waals surface area contributed by atoms with Crippen LogP contribution in [0.15, 0.2) is 51.1 Å². The summed E-state index contributed by atoms with van der Waals surface area (Å²) in [4.78, 5) is 14.0. The van der Waals surface area contributed by atoms with Crippen molar-refractivity contribution in [1.29, 1.82) is 0 Å². The lowest BCUT2D eigenvalue weighted by molar-refractivity contribution is 0.336. The first-order chi connectivity index (χ1) is 16.1. The molecule has 0 amide bonds. The summed E-state index contributed by atoms with van der Waals surface area (Å²) in [6.07, 6.45) is 3.87. The summed E-state index contributed by atoms with van der Waals surface area (Å²) in [6.45, 7) is 6.51. The number of benzene rings is 2. The molecule has 0 saturated carbocycles. The second-order valence-corrected chi connectivity index (χ2v) is 13.1. The minimum absolute atomic E-state index is 0.159. The van der Waals surface area contributed by atoms with Crippen LogP contribution in [0.1, 0.15) is 52.3 Å². The van der Waals surface area contributed by atoms with Gasteiger partial charge in [-0.1, -0.05) is 65.5 Å². The molecule has 1 heterocycles. The lowest BCUT2D eigenvalue weighted by Gasteiger charge is -2.27. The van der Waals surface area contributed by atoms with E-state index in [1.54, 1.807) is 0 Å². The zero-order valence-electron chi connectivity index (χ0n) is 18.6. The van der Waals surface area contributed by atoms with Gasteiger partial charge in [0.05, 0.1) is 17.9 Å². The molecule has 2 aromatic carbocycles. The van der Waals surface area contributed by atoms with Crippen LogP contribution in [0.5, 0.6) is 23.5 Å². The van der Waals surface area contributed by atoms with Gasteiger partial charge in [0.2, 0.25) is 0 Å². The maximum atomic E-state index is 6.16. The maximum Gasteiger partial charge on any atom is 0.328 e. The van der Waals surface area contributed by atoms with Crippen molar-refractivity contribution in [2.45, 2.75) is 51.9 Å². The molecule has 0 fully saturated rings. The van der Waals surface area contributed by atoms with Gasteiger partial charge in [0.1, 0.15) is 5.82 Å². The Bertz CT molecular complexity index is 1060. The molecule has 0 atom stereocenters. The van der Waals surface area contributed by atoms with Crippen molar-refractivity contribution >= 4 is 95.6 Å². The minimum atomic E-state index is -0.245. The van der Waals surface area contributed by atoms with Gasteiger partial charge in [-0.25, -0.2) is 0 Å². The fourth-order valence-electron chi connectivity index (χ4n) is 3.59. The summed E-state index contributed by atoms with van der Waals surface area (Å²) in [5.41, 5.74) is -0.245. The Morgan fingerprint density at radius 3 is 1.32 bits per heavy atom. The van der Waals surface area contributed by atoms with Gasteiger partial charge in [-0.3, -0.25) is 0 Å². The van der Waals surface area contributed by atoms with Gasteiger partial charge in [0.25, 0.3) is 0 Å². The highest BCUT2D eigenvalue weighted by molar-refractivity contribution is 9.12. The van der Waals surface area contributed by atoms with E-state index in [9.17, 15) is 0 Å². The first-order valence-electron chi connectivity index (χ1n) is 10.5. The molecule has 0 unspecified atom stereocenters. The van der Waals surface area contributed by atoms with E-state index in [2.05, 4.69) is 121 Å². The van der Waals surface area contributed by atoms with Gasteiger partial charge in [0.15, 0.2) is 11.5 Å². The van der Waals surface area contributed by atoms with Crippen LogP contribution in [0.4, 0.5) is 0 Å². The SMILES string of the molecule is CCCC(C)(CCC)c1nc(Oc2c(Br)cc(Br)cc2Br)nc(Oc2c(Br)cc(Br)cc2Br)n1. The highest BCUT2D eigenvalue weighted by atomic mass is 79.9. The molecule has 0 saturated heterocycles. The molecule has 3 aromatic rings. The predicted octanol–water partition coefficient (Wildman–Crippen LogP) is 10.9. The fraction of sp³-hybridized carbons (Fsp3) is 0.348. The maximum absolute atomic E-state index is 6.16. The summed E-state index contributed by atoms with van der Waals surface area (Å²) in [5.74, 6) is 1.76. The lowest BCUT2D eigenvalue weighted by Crippen LogP contribution is -2.25. The van der Waals surface area contributed by atoms with Crippen molar-refractivity contribution in [3.05, 3.63) is 56.9 Å². The molecule has 34 heavy (non-hydrogen) atoms. The Kier molecular flexibility index (Phi) is 10.4. The lowest BCUT2D eigenvalue weighted by atomic mass is 9.80. The van der Waals surface area contributed by atoms with E-state index in [1.165, 1.54) is 0 Å². The molecular formula is C23H21Br6N3O2. The zero-order chi connectivity index (χ0) is 25.0. The number of hydrogen-bond acceptors (Lipinski definition) is 5. The number of nitrogens with zero attached hydrogens (tertiary/aromatic N) is 3. The van der Waals surface area contributed by atoms with E-state index >= 15 is 0 Å². The summed E-state index contributed by atoms with van der Waals surface area (Å²) in [5, 5.41) is 0. The first-order valence-corrected chi connectivity index (χ1v) is 15.2. The largest absolute Gasteiger partial charge is 0.422 e. The third-order valence-corrected chi connectivity index (χ3v) is 8.32. The Morgan fingerprint density at radius 1 is 0.647 bits per heavy atom. The number of rotatable bonds is 9. The van der Waals surface area contributed by atoms with Crippen LogP contribution < -0.4 is 9.47 Å². The van der Waals surface area contributed by atoms with Crippen molar-refractivity contribution in [3.8, 4) is 23.5 Å². The molecule has 11 heteroatoms. The van der Waals surface area contributed by atoms with Gasteiger partial charge in [-0.15, -0.1) is 4.98 Å². The normalized spacial score (nSPS) is 11.6. The topological polar surface area (TPSA) is 57.1 Å². The molecule has 1 aromatic heterocycles. The highest BCUT2D eigenvalue weighted by Gasteiger charge is 2.30. The van der Waals surface area contributed by atoms with Gasteiger partial charge < -0.3 is 9.47 Å². The van der Waals surface area contributed by atoms with E-state index in [0.717, 1.165) is 52.5 Å². The molecule has 0 aliphatic rings. The van der Waals surface area contributed by atoms with Gasteiger partial charge in [-0.2, -0.15) is 9.97 Å². The molecule has 0 bridgehead atoms. The number of ether oxygens (including phenoxy) is 2. The Balaban J connectivity index is 2.12. The molecule has 5 nitrogen and oxygen atoms in total. The van der Waals surface area contributed by atoms with E-state index in [4.69, 9.17) is 19.4 Å². The summed E-state index contributed by atoms with van der Waals surface area (Å²) in [7, 11) is 0. The number of aromatic nitrogens is 3. The Morgan fingerprint density at radius 2 is 1.00 bits per heavy atom. The molecule has 0 aliphatic carbocycles. The third kappa shape index (κ3) is 7.03. The predicted molar refractivity (Wildman–Crippen MR) is 156 cm³/mol. The van der Waals surface area contributed by atoms with Crippen LogP contribution in [-0.2, 0) is 5.41 Å². The average molecular weight is 851 g/mol. The number of halogens is 6. The van der Waals surface area contributed by atoms with Gasteiger partial charge in [0, 0.05) is 14.4 Å². The standard InChI is InChI=1S/C23H21Br6N3O2/c1-4-6-23(3,7-5-2)20-30-21(33-18-14(26)8-12(24)9-15(18)27)32-22(31-20)34-19-16(28)10-13(25)11-17(19)29/h8-11H,4-7H2,1-3H3. The zero-order valence-corrected chi connectivity index (χ0v) is 28.1. The van der Waals surface area contributed by atoms with Crippen LogP contribution in [0, 0.1) is 0 Å². The summed E-state index contributed by atoms with van der Waals surface area (Å²) >= 11 is 21.2.